The molecule has 0 radical (unpaired) electrons. The molecular formula is C25H31N3O5. The van der Waals surface area contributed by atoms with E-state index in [0.717, 1.165) is 30.7 Å². The molecule has 0 fully saturated rings. The average Bonchev–Trinajstić information content (AvgIpc) is 3.01. The van der Waals surface area contributed by atoms with Crippen molar-refractivity contribution in [1.82, 2.24) is 10.0 Å². The van der Waals surface area contributed by atoms with Crippen LogP contribution >= 0.6 is 0 Å². The first kappa shape index (κ1) is 24.4. The summed E-state index contributed by atoms with van der Waals surface area (Å²) in [6, 6.07) is 11.8. The minimum Gasteiger partial charge on any atom is -0.443 e. The van der Waals surface area contributed by atoms with Crippen molar-refractivity contribution in [3.63, 3.8) is 0 Å². The molecule has 0 saturated carbocycles. The second kappa shape index (κ2) is 10.6. The molecule has 8 nitrogen and oxygen atoms in total. The first-order valence-corrected chi connectivity index (χ1v) is 11.3. The molecule has 0 aliphatic carbocycles. The Balaban J connectivity index is 1.72. The zero-order valence-electron chi connectivity index (χ0n) is 19.7. The van der Waals surface area contributed by atoms with Gasteiger partial charge in [0.25, 0.3) is 11.8 Å². The third-order valence-electron chi connectivity index (χ3n) is 5.02. The van der Waals surface area contributed by atoms with E-state index in [2.05, 4.69) is 11.9 Å². The van der Waals surface area contributed by atoms with Crippen LogP contribution in [0.2, 0.25) is 0 Å². The number of carbonyl (C=O) groups is 3. The maximum absolute atomic E-state index is 12.8. The Morgan fingerprint density at radius 1 is 0.970 bits per heavy atom. The molecule has 0 bridgehead atoms. The van der Waals surface area contributed by atoms with Gasteiger partial charge in [0, 0.05) is 6.54 Å². The molecule has 0 atom stereocenters. The molecule has 1 aromatic heterocycles. The maximum atomic E-state index is 12.8. The van der Waals surface area contributed by atoms with Gasteiger partial charge in [-0.25, -0.2) is 9.78 Å². The van der Waals surface area contributed by atoms with E-state index in [9.17, 15) is 14.4 Å². The number of hydrogen-bond acceptors (Lipinski definition) is 6. The number of benzene rings is 1. The van der Waals surface area contributed by atoms with E-state index in [1.165, 1.54) is 4.90 Å². The number of ether oxygens (including phenoxy) is 1. The van der Waals surface area contributed by atoms with Crippen LogP contribution in [0.5, 0.6) is 0 Å². The lowest BCUT2D eigenvalue weighted by Crippen LogP contribution is -2.38. The standard InChI is InChI=1S/C25H31N3O5/c1-5-6-7-10-16-27(24(31)33-25(2,3)4)21-15-11-12-18(26-21)17-32-28-22(29)19-13-8-9-14-20(19)23(28)30/h8-9,11-15H,5-7,10,16-17H2,1-4H3. The van der Waals surface area contributed by atoms with Crippen molar-refractivity contribution in [2.45, 2.75) is 65.6 Å². The van der Waals surface area contributed by atoms with Gasteiger partial charge < -0.3 is 4.74 Å². The summed E-state index contributed by atoms with van der Waals surface area (Å²) in [7, 11) is 0. The summed E-state index contributed by atoms with van der Waals surface area (Å²) in [4.78, 5) is 49.4. The summed E-state index contributed by atoms with van der Waals surface area (Å²) in [5.74, 6) is -0.569. The third kappa shape index (κ3) is 6.16. The predicted molar refractivity (Wildman–Crippen MR) is 124 cm³/mol. The van der Waals surface area contributed by atoms with E-state index >= 15 is 0 Å². The number of pyridine rings is 1. The highest BCUT2D eigenvalue weighted by atomic mass is 16.7. The quantitative estimate of drug-likeness (QED) is 0.386. The van der Waals surface area contributed by atoms with Crippen molar-refractivity contribution >= 4 is 23.7 Å². The van der Waals surface area contributed by atoms with Gasteiger partial charge in [-0.05, 0) is 51.5 Å². The molecule has 0 N–H and O–H groups in total. The molecule has 1 aliphatic heterocycles. The number of anilines is 1. The molecular weight excluding hydrogens is 422 g/mol. The predicted octanol–water partition coefficient (Wildman–Crippen LogP) is 5.13. The van der Waals surface area contributed by atoms with Crippen LogP contribution in [0.15, 0.2) is 42.5 Å². The fourth-order valence-electron chi connectivity index (χ4n) is 3.43. The number of nitrogens with zero attached hydrogens (tertiary/aromatic N) is 3. The smallest absolute Gasteiger partial charge is 0.416 e. The SMILES string of the molecule is CCCCCCN(C(=O)OC(C)(C)C)c1cccc(CON2C(=O)c3ccccc3C2=O)n1. The Kier molecular flexibility index (Phi) is 7.81. The molecule has 8 heteroatoms. The van der Waals surface area contributed by atoms with Crippen LogP contribution in [0.4, 0.5) is 10.6 Å². The highest BCUT2D eigenvalue weighted by molar-refractivity contribution is 6.20. The molecule has 33 heavy (non-hydrogen) atoms. The molecule has 1 aliphatic rings. The third-order valence-corrected chi connectivity index (χ3v) is 5.02. The van der Waals surface area contributed by atoms with E-state index < -0.39 is 23.5 Å². The summed E-state index contributed by atoms with van der Waals surface area (Å²) in [6.07, 6.45) is 3.53. The van der Waals surface area contributed by atoms with Crippen LogP contribution in [0.3, 0.4) is 0 Å². The van der Waals surface area contributed by atoms with Crippen molar-refractivity contribution < 1.29 is 24.0 Å². The fraction of sp³-hybridized carbons (Fsp3) is 0.440. The highest BCUT2D eigenvalue weighted by Crippen LogP contribution is 2.24. The van der Waals surface area contributed by atoms with Crippen molar-refractivity contribution in [1.29, 1.82) is 0 Å². The van der Waals surface area contributed by atoms with Gasteiger partial charge in [0.2, 0.25) is 0 Å². The Bertz CT molecular complexity index is 980. The van der Waals surface area contributed by atoms with Crippen LogP contribution in [0.25, 0.3) is 0 Å². The number of imide groups is 1. The van der Waals surface area contributed by atoms with E-state index in [0.29, 0.717) is 29.2 Å². The van der Waals surface area contributed by atoms with Crippen LogP contribution in [0, 0.1) is 0 Å². The topological polar surface area (TPSA) is 89.0 Å². The number of aromatic nitrogens is 1. The number of carbonyl (C=O) groups excluding carboxylic acids is 3. The minimum atomic E-state index is -0.634. The van der Waals surface area contributed by atoms with Crippen molar-refractivity contribution in [3.05, 3.63) is 59.3 Å². The summed E-state index contributed by atoms with van der Waals surface area (Å²) in [6.45, 7) is 7.97. The molecule has 2 aromatic rings. The molecule has 1 aromatic carbocycles. The van der Waals surface area contributed by atoms with E-state index in [4.69, 9.17) is 9.57 Å². The van der Waals surface area contributed by atoms with Gasteiger partial charge in [-0.15, -0.1) is 5.06 Å². The lowest BCUT2D eigenvalue weighted by Gasteiger charge is -2.27. The molecule has 2 heterocycles. The Labute approximate surface area is 194 Å². The molecule has 0 saturated heterocycles. The fourth-order valence-corrected chi connectivity index (χ4v) is 3.43. The van der Waals surface area contributed by atoms with Gasteiger partial charge in [-0.3, -0.25) is 19.3 Å². The number of fused-ring (bicyclic) bond motifs is 1. The highest BCUT2D eigenvalue weighted by Gasteiger charge is 2.36. The minimum absolute atomic E-state index is 0.0999. The van der Waals surface area contributed by atoms with Gasteiger partial charge >= 0.3 is 6.09 Å². The van der Waals surface area contributed by atoms with Gasteiger partial charge in [-0.1, -0.05) is 44.4 Å². The summed E-state index contributed by atoms with van der Waals surface area (Å²) >= 11 is 0. The Hall–Kier alpha value is -3.26. The van der Waals surface area contributed by atoms with E-state index in [1.807, 2.05) is 20.8 Å². The van der Waals surface area contributed by atoms with Crippen molar-refractivity contribution in [3.8, 4) is 0 Å². The Morgan fingerprint density at radius 2 is 1.64 bits per heavy atom. The zero-order valence-corrected chi connectivity index (χ0v) is 19.7. The Morgan fingerprint density at radius 3 is 2.24 bits per heavy atom. The first-order valence-electron chi connectivity index (χ1n) is 11.3. The van der Waals surface area contributed by atoms with Crippen LogP contribution in [0.1, 0.15) is 79.8 Å². The molecule has 0 spiro atoms. The number of hydrogen-bond donors (Lipinski definition) is 0. The molecule has 176 valence electrons. The van der Waals surface area contributed by atoms with Gasteiger partial charge in [0.1, 0.15) is 18.0 Å². The number of unbranched alkanes of at least 4 members (excludes halogenated alkanes) is 3. The van der Waals surface area contributed by atoms with Crippen LogP contribution in [-0.4, -0.2) is 40.1 Å². The van der Waals surface area contributed by atoms with Crippen LogP contribution < -0.4 is 4.90 Å². The number of hydroxylamine groups is 2. The second-order valence-corrected chi connectivity index (χ2v) is 8.90. The lowest BCUT2D eigenvalue weighted by molar-refractivity contribution is -0.101. The van der Waals surface area contributed by atoms with Gasteiger partial charge in [0.15, 0.2) is 0 Å². The largest absolute Gasteiger partial charge is 0.443 e. The van der Waals surface area contributed by atoms with Crippen LogP contribution in [-0.2, 0) is 16.2 Å². The monoisotopic (exact) mass is 453 g/mol. The zero-order chi connectivity index (χ0) is 24.0. The second-order valence-electron chi connectivity index (χ2n) is 8.90. The number of rotatable bonds is 9. The molecule has 3 rings (SSSR count). The normalized spacial score (nSPS) is 13.3. The first-order chi connectivity index (χ1) is 15.7. The average molecular weight is 454 g/mol. The van der Waals surface area contributed by atoms with E-state index in [-0.39, 0.29) is 6.61 Å². The number of amides is 3. The summed E-state index contributed by atoms with van der Waals surface area (Å²) in [5.41, 5.74) is 0.469. The lowest BCUT2D eigenvalue weighted by atomic mass is 10.1. The van der Waals surface area contributed by atoms with Gasteiger partial charge in [0.05, 0.1) is 16.8 Å². The molecule has 0 unspecified atom stereocenters. The summed E-state index contributed by atoms with van der Waals surface area (Å²) in [5, 5.41) is 0.759. The van der Waals surface area contributed by atoms with Crippen molar-refractivity contribution in [2.75, 3.05) is 11.4 Å². The maximum Gasteiger partial charge on any atom is 0.416 e. The van der Waals surface area contributed by atoms with Gasteiger partial charge in [-0.2, -0.15) is 0 Å². The summed E-state index contributed by atoms with van der Waals surface area (Å²) < 4.78 is 5.57. The van der Waals surface area contributed by atoms with Crippen molar-refractivity contribution in [2.24, 2.45) is 0 Å². The van der Waals surface area contributed by atoms with E-state index in [1.54, 1.807) is 42.5 Å². The molecule has 3 amide bonds.